The Morgan fingerprint density at radius 2 is 1.59 bits per heavy atom. The van der Waals surface area contributed by atoms with E-state index in [0.717, 1.165) is 17.2 Å². The van der Waals surface area contributed by atoms with Gasteiger partial charge in [-0.15, -0.1) is 0 Å². The molecule has 1 N–H and O–H groups in total. The van der Waals surface area contributed by atoms with Crippen molar-refractivity contribution in [3.05, 3.63) is 54.6 Å². The van der Waals surface area contributed by atoms with Crippen molar-refractivity contribution < 1.29 is 9.53 Å². The van der Waals surface area contributed by atoms with E-state index in [1.165, 1.54) is 25.7 Å². The van der Waals surface area contributed by atoms with Crippen LogP contribution in [0.5, 0.6) is 11.5 Å². The molecular weight excluding hydrogens is 274 g/mol. The van der Waals surface area contributed by atoms with Crippen LogP contribution < -0.4 is 10.1 Å². The first-order chi connectivity index (χ1) is 10.8. The van der Waals surface area contributed by atoms with Crippen molar-refractivity contribution in [1.82, 2.24) is 0 Å². The van der Waals surface area contributed by atoms with Crippen LogP contribution in [0.15, 0.2) is 54.6 Å². The van der Waals surface area contributed by atoms with E-state index in [0.29, 0.717) is 12.3 Å². The van der Waals surface area contributed by atoms with Gasteiger partial charge in [-0.25, -0.2) is 0 Å². The molecule has 1 saturated carbocycles. The standard InChI is InChI=1S/C19H21NO2/c21-19(14-15-6-4-5-7-15)20-16-10-12-18(13-11-16)22-17-8-2-1-3-9-17/h1-3,8-13,15H,4-7,14H2,(H,20,21). The molecule has 3 rings (SSSR count). The fraction of sp³-hybridized carbons (Fsp3) is 0.316. The number of rotatable bonds is 5. The molecule has 0 aliphatic heterocycles. The molecule has 114 valence electrons. The second-order valence-corrected chi connectivity index (χ2v) is 5.84. The van der Waals surface area contributed by atoms with Gasteiger partial charge in [-0.05, 0) is 55.2 Å². The minimum Gasteiger partial charge on any atom is -0.457 e. The third-order valence-corrected chi connectivity index (χ3v) is 4.07. The number of carbonyl (C=O) groups is 1. The molecule has 0 spiro atoms. The number of ether oxygens (including phenoxy) is 1. The highest BCUT2D eigenvalue weighted by molar-refractivity contribution is 5.90. The van der Waals surface area contributed by atoms with Gasteiger partial charge in [0.1, 0.15) is 11.5 Å². The maximum atomic E-state index is 12.0. The number of anilines is 1. The first-order valence-electron chi connectivity index (χ1n) is 7.92. The summed E-state index contributed by atoms with van der Waals surface area (Å²) < 4.78 is 5.73. The summed E-state index contributed by atoms with van der Waals surface area (Å²) in [7, 11) is 0. The van der Waals surface area contributed by atoms with E-state index in [1.807, 2.05) is 54.6 Å². The van der Waals surface area contributed by atoms with E-state index in [2.05, 4.69) is 5.32 Å². The number of carbonyl (C=O) groups excluding carboxylic acids is 1. The molecule has 3 nitrogen and oxygen atoms in total. The van der Waals surface area contributed by atoms with Crippen molar-refractivity contribution in [2.24, 2.45) is 5.92 Å². The Kier molecular flexibility index (Phi) is 4.74. The van der Waals surface area contributed by atoms with E-state index >= 15 is 0 Å². The summed E-state index contributed by atoms with van der Waals surface area (Å²) in [6.07, 6.45) is 5.56. The molecule has 0 heterocycles. The summed E-state index contributed by atoms with van der Waals surface area (Å²) in [5, 5.41) is 2.97. The summed E-state index contributed by atoms with van der Waals surface area (Å²) in [5.41, 5.74) is 0.823. The zero-order valence-electron chi connectivity index (χ0n) is 12.6. The van der Waals surface area contributed by atoms with Crippen LogP contribution >= 0.6 is 0 Å². The van der Waals surface area contributed by atoms with Crippen LogP contribution in [0.1, 0.15) is 32.1 Å². The monoisotopic (exact) mass is 295 g/mol. The summed E-state index contributed by atoms with van der Waals surface area (Å²) in [4.78, 5) is 12.0. The first-order valence-corrected chi connectivity index (χ1v) is 7.92. The zero-order valence-corrected chi connectivity index (χ0v) is 12.6. The molecule has 0 bridgehead atoms. The molecule has 1 fully saturated rings. The number of para-hydroxylation sites is 1. The summed E-state index contributed by atoms with van der Waals surface area (Å²) >= 11 is 0. The Balaban J connectivity index is 1.53. The third-order valence-electron chi connectivity index (χ3n) is 4.07. The van der Waals surface area contributed by atoms with Crippen LogP contribution in [0.4, 0.5) is 5.69 Å². The van der Waals surface area contributed by atoms with Crippen LogP contribution in [0.2, 0.25) is 0 Å². The predicted molar refractivity (Wildman–Crippen MR) is 88.2 cm³/mol. The quantitative estimate of drug-likeness (QED) is 0.843. The highest BCUT2D eigenvalue weighted by Crippen LogP contribution is 2.28. The predicted octanol–water partition coefficient (Wildman–Crippen LogP) is 5.00. The van der Waals surface area contributed by atoms with E-state index in [4.69, 9.17) is 4.74 Å². The fourth-order valence-corrected chi connectivity index (χ4v) is 2.92. The van der Waals surface area contributed by atoms with Crippen LogP contribution in [-0.2, 0) is 4.79 Å². The van der Waals surface area contributed by atoms with Crippen molar-refractivity contribution >= 4 is 11.6 Å². The van der Waals surface area contributed by atoms with Gasteiger partial charge in [0.15, 0.2) is 0 Å². The smallest absolute Gasteiger partial charge is 0.224 e. The highest BCUT2D eigenvalue weighted by atomic mass is 16.5. The summed E-state index contributed by atoms with van der Waals surface area (Å²) in [6.45, 7) is 0. The lowest BCUT2D eigenvalue weighted by Crippen LogP contribution is -2.14. The molecule has 3 heteroatoms. The molecule has 1 aliphatic rings. The second-order valence-electron chi connectivity index (χ2n) is 5.84. The van der Waals surface area contributed by atoms with Crippen LogP contribution in [-0.4, -0.2) is 5.91 Å². The van der Waals surface area contributed by atoms with Crippen molar-refractivity contribution in [3.63, 3.8) is 0 Å². The second kappa shape index (κ2) is 7.12. The van der Waals surface area contributed by atoms with Crippen LogP contribution in [0.25, 0.3) is 0 Å². The fourth-order valence-electron chi connectivity index (χ4n) is 2.92. The van der Waals surface area contributed by atoms with Gasteiger partial charge in [-0.3, -0.25) is 4.79 Å². The van der Waals surface area contributed by atoms with Crippen molar-refractivity contribution in [3.8, 4) is 11.5 Å². The van der Waals surface area contributed by atoms with Crippen LogP contribution in [0, 0.1) is 5.92 Å². The largest absolute Gasteiger partial charge is 0.457 e. The summed E-state index contributed by atoms with van der Waals surface area (Å²) in [5.74, 6) is 2.25. The third kappa shape index (κ3) is 4.10. The number of nitrogens with one attached hydrogen (secondary N) is 1. The average Bonchev–Trinajstić information content (AvgIpc) is 3.03. The lowest BCUT2D eigenvalue weighted by molar-refractivity contribution is -0.117. The van der Waals surface area contributed by atoms with Crippen molar-refractivity contribution in [2.45, 2.75) is 32.1 Å². The Morgan fingerprint density at radius 3 is 2.27 bits per heavy atom. The lowest BCUT2D eigenvalue weighted by Gasteiger charge is -2.10. The van der Waals surface area contributed by atoms with Gasteiger partial charge in [-0.1, -0.05) is 31.0 Å². The number of hydrogen-bond donors (Lipinski definition) is 1. The molecule has 2 aromatic carbocycles. The maximum Gasteiger partial charge on any atom is 0.224 e. The topological polar surface area (TPSA) is 38.3 Å². The Hall–Kier alpha value is -2.29. The minimum absolute atomic E-state index is 0.114. The zero-order chi connectivity index (χ0) is 15.2. The van der Waals surface area contributed by atoms with E-state index < -0.39 is 0 Å². The Morgan fingerprint density at radius 1 is 0.955 bits per heavy atom. The van der Waals surface area contributed by atoms with E-state index in [1.54, 1.807) is 0 Å². The Labute approximate surface area is 131 Å². The van der Waals surface area contributed by atoms with Gasteiger partial charge in [-0.2, -0.15) is 0 Å². The normalized spacial score (nSPS) is 14.7. The maximum absolute atomic E-state index is 12.0. The van der Waals surface area contributed by atoms with Gasteiger partial charge < -0.3 is 10.1 Å². The molecule has 0 saturated heterocycles. The molecule has 22 heavy (non-hydrogen) atoms. The Bertz CT molecular complexity index is 601. The van der Waals surface area contributed by atoms with Crippen LogP contribution in [0.3, 0.4) is 0 Å². The molecule has 0 aromatic heterocycles. The number of hydrogen-bond acceptors (Lipinski definition) is 2. The van der Waals surface area contributed by atoms with Gasteiger partial charge in [0.25, 0.3) is 0 Å². The molecule has 1 aliphatic carbocycles. The molecule has 2 aromatic rings. The van der Waals surface area contributed by atoms with Crippen molar-refractivity contribution in [2.75, 3.05) is 5.32 Å². The van der Waals surface area contributed by atoms with Gasteiger partial charge in [0.05, 0.1) is 0 Å². The van der Waals surface area contributed by atoms with Crippen molar-refractivity contribution in [1.29, 1.82) is 0 Å². The molecule has 0 unspecified atom stereocenters. The minimum atomic E-state index is 0.114. The molecule has 0 radical (unpaired) electrons. The summed E-state index contributed by atoms with van der Waals surface area (Å²) in [6, 6.07) is 17.2. The van der Waals surface area contributed by atoms with E-state index in [9.17, 15) is 4.79 Å². The molecular formula is C19H21NO2. The average molecular weight is 295 g/mol. The van der Waals surface area contributed by atoms with E-state index in [-0.39, 0.29) is 5.91 Å². The molecule has 0 atom stereocenters. The van der Waals surface area contributed by atoms with Gasteiger partial charge in [0.2, 0.25) is 5.91 Å². The highest BCUT2D eigenvalue weighted by Gasteiger charge is 2.18. The lowest BCUT2D eigenvalue weighted by atomic mass is 10.0. The van der Waals surface area contributed by atoms with Gasteiger partial charge >= 0.3 is 0 Å². The van der Waals surface area contributed by atoms with Gasteiger partial charge in [0, 0.05) is 12.1 Å². The molecule has 1 amide bonds. The first kappa shape index (κ1) is 14.6. The number of benzene rings is 2. The number of amides is 1. The SMILES string of the molecule is O=C(CC1CCCC1)Nc1ccc(Oc2ccccc2)cc1.